The molecule has 2 aromatic rings. The number of rotatable bonds is 3. The second-order valence-corrected chi connectivity index (χ2v) is 4.48. The van der Waals surface area contributed by atoms with Gasteiger partial charge in [-0.15, -0.1) is 0 Å². The van der Waals surface area contributed by atoms with Crippen LogP contribution in [0.3, 0.4) is 0 Å². The Morgan fingerprint density at radius 2 is 2.00 bits per heavy atom. The standard InChI is InChI=1S/C14H13ClN2O2/c15-10-5-6-13(18)11(7-10)14(19)17-8-9-3-1-2-4-12(9)16/h1-7,18H,8,16H2,(H,17,19). The van der Waals surface area contributed by atoms with Crippen LogP contribution in [-0.4, -0.2) is 11.0 Å². The van der Waals surface area contributed by atoms with E-state index in [0.29, 0.717) is 10.7 Å². The number of anilines is 1. The van der Waals surface area contributed by atoms with Crippen LogP contribution in [0.15, 0.2) is 42.5 Å². The number of hydrogen-bond acceptors (Lipinski definition) is 3. The summed E-state index contributed by atoms with van der Waals surface area (Å²) in [7, 11) is 0. The van der Waals surface area contributed by atoms with Gasteiger partial charge in [-0.1, -0.05) is 29.8 Å². The van der Waals surface area contributed by atoms with E-state index < -0.39 is 5.91 Å². The fraction of sp³-hybridized carbons (Fsp3) is 0.0714. The predicted molar refractivity (Wildman–Crippen MR) is 75.1 cm³/mol. The third kappa shape index (κ3) is 3.17. The molecule has 0 unspecified atom stereocenters. The van der Waals surface area contributed by atoms with Crippen LogP contribution in [0.25, 0.3) is 0 Å². The number of benzene rings is 2. The third-order valence-corrected chi connectivity index (χ3v) is 2.93. The van der Waals surface area contributed by atoms with Gasteiger partial charge in [0.15, 0.2) is 0 Å². The summed E-state index contributed by atoms with van der Waals surface area (Å²) >= 11 is 5.79. The monoisotopic (exact) mass is 276 g/mol. The minimum Gasteiger partial charge on any atom is -0.507 e. The van der Waals surface area contributed by atoms with Gasteiger partial charge in [-0.2, -0.15) is 0 Å². The molecule has 0 aromatic heterocycles. The van der Waals surface area contributed by atoms with E-state index in [1.807, 2.05) is 18.2 Å². The van der Waals surface area contributed by atoms with Crippen molar-refractivity contribution in [1.82, 2.24) is 5.32 Å². The molecule has 0 aliphatic heterocycles. The first kappa shape index (κ1) is 13.2. The number of para-hydroxylation sites is 1. The molecule has 0 atom stereocenters. The van der Waals surface area contributed by atoms with Crippen LogP contribution in [0, 0.1) is 0 Å². The molecule has 4 nitrogen and oxygen atoms in total. The molecule has 0 aliphatic rings. The summed E-state index contributed by atoms with van der Waals surface area (Å²) in [4.78, 5) is 11.9. The molecular formula is C14H13ClN2O2. The van der Waals surface area contributed by atoms with Gasteiger partial charge in [0, 0.05) is 17.3 Å². The number of aromatic hydroxyl groups is 1. The lowest BCUT2D eigenvalue weighted by molar-refractivity contribution is 0.0948. The Balaban J connectivity index is 2.10. The van der Waals surface area contributed by atoms with Crippen molar-refractivity contribution in [3.8, 4) is 5.75 Å². The highest BCUT2D eigenvalue weighted by atomic mass is 35.5. The fourth-order valence-corrected chi connectivity index (χ4v) is 1.83. The highest BCUT2D eigenvalue weighted by Gasteiger charge is 2.11. The first-order valence-electron chi connectivity index (χ1n) is 5.68. The van der Waals surface area contributed by atoms with E-state index in [0.717, 1.165) is 5.56 Å². The smallest absolute Gasteiger partial charge is 0.255 e. The lowest BCUT2D eigenvalue weighted by Gasteiger charge is -2.09. The van der Waals surface area contributed by atoms with Gasteiger partial charge >= 0.3 is 0 Å². The van der Waals surface area contributed by atoms with Crippen molar-refractivity contribution in [1.29, 1.82) is 0 Å². The van der Waals surface area contributed by atoms with Gasteiger partial charge in [0.25, 0.3) is 5.91 Å². The number of halogens is 1. The zero-order chi connectivity index (χ0) is 13.8. The molecule has 1 amide bonds. The van der Waals surface area contributed by atoms with Crippen molar-refractivity contribution < 1.29 is 9.90 Å². The lowest BCUT2D eigenvalue weighted by atomic mass is 10.1. The summed E-state index contributed by atoms with van der Waals surface area (Å²) in [6.07, 6.45) is 0. The van der Waals surface area contributed by atoms with Gasteiger partial charge in [0.2, 0.25) is 0 Å². The summed E-state index contributed by atoms with van der Waals surface area (Å²) in [5.74, 6) is -0.508. The Labute approximate surface area is 115 Å². The zero-order valence-electron chi connectivity index (χ0n) is 10.1. The lowest BCUT2D eigenvalue weighted by Crippen LogP contribution is -2.23. The van der Waals surface area contributed by atoms with Gasteiger partial charge < -0.3 is 16.2 Å². The molecule has 0 fully saturated rings. The van der Waals surface area contributed by atoms with E-state index in [9.17, 15) is 9.90 Å². The minimum atomic E-state index is -0.400. The molecule has 0 spiro atoms. The number of amides is 1. The fourth-order valence-electron chi connectivity index (χ4n) is 1.66. The van der Waals surface area contributed by atoms with Crippen LogP contribution < -0.4 is 11.1 Å². The van der Waals surface area contributed by atoms with E-state index in [2.05, 4.69) is 5.32 Å². The summed E-state index contributed by atoms with van der Waals surface area (Å²) in [6.45, 7) is 0.289. The largest absolute Gasteiger partial charge is 0.507 e. The van der Waals surface area contributed by atoms with Crippen LogP contribution in [0.1, 0.15) is 15.9 Å². The molecule has 0 saturated heterocycles. The Morgan fingerprint density at radius 3 is 2.74 bits per heavy atom. The first-order chi connectivity index (χ1) is 9.08. The van der Waals surface area contributed by atoms with E-state index in [-0.39, 0.29) is 17.9 Å². The Kier molecular flexibility index (Phi) is 3.92. The number of carbonyl (C=O) groups excluding carboxylic acids is 1. The van der Waals surface area contributed by atoms with Crippen molar-refractivity contribution in [2.24, 2.45) is 0 Å². The molecule has 19 heavy (non-hydrogen) atoms. The minimum absolute atomic E-state index is 0.108. The summed E-state index contributed by atoms with van der Waals surface area (Å²) in [5.41, 5.74) is 7.34. The van der Waals surface area contributed by atoms with E-state index in [1.54, 1.807) is 6.07 Å². The maximum absolute atomic E-state index is 11.9. The van der Waals surface area contributed by atoms with Crippen LogP contribution in [-0.2, 0) is 6.54 Å². The number of carbonyl (C=O) groups is 1. The van der Waals surface area contributed by atoms with Gasteiger partial charge in [-0.25, -0.2) is 0 Å². The Bertz CT molecular complexity index is 614. The Morgan fingerprint density at radius 1 is 1.26 bits per heavy atom. The van der Waals surface area contributed by atoms with Crippen molar-refractivity contribution in [3.05, 3.63) is 58.6 Å². The molecule has 0 heterocycles. The molecule has 0 saturated carbocycles. The molecule has 0 aliphatic carbocycles. The molecule has 0 radical (unpaired) electrons. The molecule has 2 rings (SSSR count). The highest BCUT2D eigenvalue weighted by Crippen LogP contribution is 2.21. The van der Waals surface area contributed by atoms with E-state index in [1.165, 1.54) is 18.2 Å². The van der Waals surface area contributed by atoms with Crippen molar-refractivity contribution in [3.63, 3.8) is 0 Å². The Hall–Kier alpha value is -2.20. The van der Waals surface area contributed by atoms with Crippen molar-refractivity contribution in [2.45, 2.75) is 6.54 Å². The number of hydrogen-bond donors (Lipinski definition) is 3. The quantitative estimate of drug-likeness (QED) is 0.754. The SMILES string of the molecule is Nc1ccccc1CNC(=O)c1cc(Cl)ccc1O. The van der Waals surface area contributed by atoms with Crippen molar-refractivity contribution >= 4 is 23.2 Å². The molecule has 0 bridgehead atoms. The van der Waals surface area contributed by atoms with Crippen LogP contribution in [0.4, 0.5) is 5.69 Å². The van der Waals surface area contributed by atoms with E-state index in [4.69, 9.17) is 17.3 Å². The van der Waals surface area contributed by atoms with Crippen molar-refractivity contribution in [2.75, 3.05) is 5.73 Å². The number of nitrogens with two attached hydrogens (primary N) is 1. The predicted octanol–water partition coefficient (Wildman–Crippen LogP) is 2.56. The third-order valence-electron chi connectivity index (χ3n) is 2.70. The maximum atomic E-state index is 11.9. The average Bonchev–Trinajstić information content (AvgIpc) is 2.40. The summed E-state index contributed by atoms with van der Waals surface area (Å²) in [5, 5.41) is 12.7. The number of phenols is 1. The maximum Gasteiger partial charge on any atom is 0.255 e. The average molecular weight is 277 g/mol. The van der Waals surface area contributed by atoms with Gasteiger partial charge in [-0.3, -0.25) is 4.79 Å². The molecule has 4 N–H and O–H groups in total. The number of nitrogens with one attached hydrogen (secondary N) is 1. The molecule has 2 aromatic carbocycles. The number of phenolic OH excluding ortho intramolecular Hbond substituents is 1. The number of nitrogen functional groups attached to an aromatic ring is 1. The van der Waals surface area contributed by atoms with Gasteiger partial charge in [0.1, 0.15) is 5.75 Å². The van der Waals surface area contributed by atoms with Gasteiger partial charge in [-0.05, 0) is 29.8 Å². The van der Waals surface area contributed by atoms with Crippen LogP contribution in [0.5, 0.6) is 5.75 Å². The second-order valence-electron chi connectivity index (χ2n) is 4.04. The highest BCUT2D eigenvalue weighted by molar-refractivity contribution is 6.31. The first-order valence-corrected chi connectivity index (χ1v) is 6.06. The van der Waals surface area contributed by atoms with Crippen LogP contribution in [0.2, 0.25) is 5.02 Å². The molecular weight excluding hydrogens is 264 g/mol. The normalized spacial score (nSPS) is 10.2. The topological polar surface area (TPSA) is 75.3 Å². The summed E-state index contributed by atoms with van der Waals surface area (Å²) in [6, 6.07) is 11.6. The summed E-state index contributed by atoms with van der Waals surface area (Å²) < 4.78 is 0. The van der Waals surface area contributed by atoms with Gasteiger partial charge in [0.05, 0.1) is 5.56 Å². The molecule has 98 valence electrons. The van der Waals surface area contributed by atoms with Crippen LogP contribution >= 0.6 is 11.6 Å². The van der Waals surface area contributed by atoms with E-state index >= 15 is 0 Å². The zero-order valence-corrected chi connectivity index (χ0v) is 10.8. The molecule has 5 heteroatoms. The second kappa shape index (κ2) is 5.63.